The number of halogens is 1. The Balaban J connectivity index is 0.00000320. The summed E-state index contributed by atoms with van der Waals surface area (Å²) in [7, 11) is 0. The molecule has 2 N–H and O–H groups in total. The third kappa shape index (κ3) is 6.23. The molecular formula is C21H32IN5O3. The minimum absolute atomic E-state index is 0. The van der Waals surface area contributed by atoms with Crippen LogP contribution in [0, 0.1) is 0 Å². The smallest absolute Gasteiger partial charge is 0.410 e. The molecule has 0 saturated carbocycles. The van der Waals surface area contributed by atoms with Crippen molar-refractivity contribution in [1.29, 1.82) is 0 Å². The van der Waals surface area contributed by atoms with E-state index in [1.807, 2.05) is 52.0 Å². The van der Waals surface area contributed by atoms with E-state index in [0.29, 0.717) is 38.3 Å². The van der Waals surface area contributed by atoms with Crippen LogP contribution in [0.25, 0.3) is 0 Å². The number of ether oxygens (including phenoxy) is 1. The second-order valence-electron chi connectivity index (χ2n) is 8.35. The molecule has 9 heteroatoms. The van der Waals surface area contributed by atoms with Crippen molar-refractivity contribution in [3.63, 3.8) is 0 Å². The molecule has 2 aliphatic rings. The summed E-state index contributed by atoms with van der Waals surface area (Å²) in [5.74, 6) is 0.810. The van der Waals surface area contributed by atoms with Crippen LogP contribution >= 0.6 is 24.0 Å². The van der Waals surface area contributed by atoms with Gasteiger partial charge in [-0.15, -0.1) is 24.0 Å². The zero-order valence-corrected chi connectivity index (χ0v) is 20.4. The van der Waals surface area contributed by atoms with Gasteiger partial charge in [-0.3, -0.25) is 9.79 Å². The highest BCUT2D eigenvalue weighted by atomic mass is 127. The molecule has 2 aliphatic heterocycles. The van der Waals surface area contributed by atoms with Crippen molar-refractivity contribution in [3.05, 3.63) is 35.4 Å². The van der Waals surface area contributed by atoms with E-state index in [1.54, 1.807) is 4.90 Å². The second kappa shape index (κ2) is 10.3. The van der Waals surface area contributed by atoms with Crippen molar-refractivity contribution in [2.45, 2.75) is 45.9 Å². The molecule has 0 aromatic heterocycles. The van der Waals surface area contributed by atoms with Crippen LogP contribution in [0.5, 0.6) is 0 Å². The Labute approximate surface area is 195 Å². The Kier molecular flexibility index (Phi) is 8.34. The van der Waals surface area contributed by atoms with Crippen molar-refractivity contribution in [3.8, 4) is 0 Å². The summed E-state index contributed by atoms with van der Waals surface area (Å²) in [6, 6.07) is 7.75. The SMILES string of the molecule is CCNC(=O)c1ccc(CNC2=NCC3CN(C(=O)OC(C)(C)C)CCN23)cc1.I. The molecule has 0 bridgehead atoms. The van der Waals surface area contributed by atoms with E-state index in [2.05, 4.69) is 20.5 Å². The van der Waals surface area contributed by atoms with E-state index in [-0.39, 0.29) is 42.0 Å². The molecule has 0 radical (unpaired) electrons. The first-order valence-corrected chi connectivity index (χ1v) is 10.2. The largest absolute Gasteiger partial charge is 0.444 e. The molecule has 1 aromatic rings. The van der Waals surface area contributed by atoms with E-state index < -0.39 is 5.60 Å². The van der Waals surface area contributed by atoms with E-state index in [0.717, 1.165) is 18.1 Å². The number of nitrogens with one attached hydrogen (secondary N) is 2. The minimum atomic E-state index is -0.486. The molecule has 0 spiro atoms. The highest BCUT2D eigenvalue weighted by Gasteiger charge is 2.36. The summed E-state index contributed by atoms with van der Waals surface area (Å²) in [5, 5.41) is 6.19. The summed E-state index contributed by atoms with van der Waals surface area (Å²) >= 11 is 0. The molecule has 0 aliphatic carbocycles. The topological polar surface area (TPSA) is 86.3 Å². The van der Waals surface area contributed by atoms with E-state index >= 15 is 0 Å². The Morgan fingerprint density at radius 3 is 2.53 bits per heavy atom. The second-order valence-corrected chi connectivity index (χ2v) is 8.35. The number of hydrogen-bond acceptors (Lipinski definition) is 6. The van der Waals surface area contributed by atoms with Crippen LogP contribution in [0.2, 0.25) is 0 Å². The maximum atomic E-state index is 12.3. The van der Waals surface area contributed by atoms with Crippen molar-refractivity contribution in [2.24, 2.45) is 4.99 Å². The first-order chi connectivity index (χ1) is 13.8. The Morgan fingerprint density at radius 1 is 1.20 bits per heavy atom. The number of fused-ring (bicyclic) bond motifs is 1. The predicted molar refractivity (Wildman–Crippen MR) is 127 cm³/mol. The van der Waals surface area contributed by atoms with Crippen LogP contribution < -0.4 is 10.6 Å². The zero-order chi connectivity index (χ0) is 21.0. The number of aliphatic imine (C=N–C) groups is 1. The Bertz CT molecular complexity index is 776. The number of nitrogens with zero attached hydrogens (tertiary/aromatic N) is 3. The highest BCUT2D eigenvalue weighted by molar-refractivity contribution is 14.0. The molecule has 1 fully saturated rings. The maximum absolute atomic E-state index is 12.3. The quantitative estimate of drug-likeness (QED) is 0.586. The van der Waals surface area contributed by atoms with Crippen LogP contribution in [-0.2, 0) is 11.3 Å². The molecule has 8 nitrogen and oxygen atoms in total. The van der Waals surface area contributed by atoms with Crippen molar-refractivity contribution in [1.82, 2.24) is 20.4 Å². The van der Waals surface area contributed by atoms with E-state index in [9.17, 15) is 9.59 Å². The van der Waals surface area contributed by atoms with Gasteiger partial charge in [-0.2, -0.15) is 0 Å². The summed E-state index contributed by atoms with van der Waals surface area (Å²) in [6.07, 6.45) is -0.259. The number of carbonyl (C=O) groups is 2. The van der Waals surface area contributed by atoms with Crippen LogP contribution in [-0.4, -0.2) is 72.1 Å². The van der Waals surface area contributed by atoms with Gasteiger partial charge in [0.15, 0.2) is 5.96 Å². The van der Waals surface area contributed by atoms with Gasteiger partial charge in [-0.1, -0.05) is 12.1 Å². The molecule has 1 atom stereocenters. The first-order valence-electron chi connectivity index (χ1n) is 10.2. The number of guanidine groups is 1. The van der Waals surface area contributed by atoms with Gasteiger partial charge in [0.05, 0.1) is 12.6 Å². The predicted octanol–water partition coefficient (Wildman–Crippen LogP) is 2.43. The summed E-state index contributed by atoms with van der Waals surface area (Å²) in [6.45, 7) is 11.4. The molecule has 1 saturated heterocycles. The fourth-order valence-corrected chi connectivity index (χ4v) is 3.44. The molecule has 166 valence electrons. The van der Waals surface area contributed by atoms with Crippen LogP contribution in [0.1, 0.15) is 43.6 Å². The van der Waals surface area contributed by atoms with Gasteiger partial charge in [0.25, 0.3) is 5.91 Å². The van der Waals surface area contributed by atoms with Crippen molar-refractivity contribution >= 4 is 41.9 Å². The number of benzene rings is 1. The first kappa shape index (κ1) is 24.2. The molecule has 1 aromatic carbocycles. The lowest BCUT2D eigenvalue weighted by Crippen LogP contribution is -2.57. The number of amides is 2. The number of rotatable bonds is 4. The maximum Gasteiger partial charge on any atom is 0.410 e. The fourth-order valence-electron chi connectivity index (χ4n) is 3.44. The third-order valence-corrected chi connectivity index (χ3v) is 4.86. The molecule has 2 heterocycles. The van der Waals surface area contributed by atoms with Crippen LogP contribution in [0.15, 0.2) is 29.3 Å². The number of piperazine rings is 1. The van der Waals surface area contributed by atoms with Gasteiger partial charge >= 0.3 is 6.09 Å². The average molecular weight is 529 g/mol. The lowest BCUT2D eigenvalue weighted by atomic mass is 10.1. The molecule has 2 amide bonds. The van der Waals surface area contributed by atoms with E-state index in [1.165, 1.54) is 0 Å². The van der Waals surface area contributed by atoms with Gasteiger partial charge in [0.2, 0.25) is 0 Å². The summed E-state index contributed by atoms with van der Waals surface area (Å²) in [5.41, 5.74) is 1.25. The fraction of sp³-hybridized carbons (Fsp3) is 0.571. The van der Waals surface area contributed by atoms with Gasteiger partial charge in [-0.05, 0) is 45.4 Å². The lowest BCUT2D eigenvalue weighted by molar-refractivity contribution is 0.0137. The monoisotopic (exact) mass is 529 g/mol. The molecule has 3 rings (SSSR count). The number of hydrogen-bond donors (Lipinski definition) is 2. The zero-order valence-electron chi connectivity index (χ0n) is 18.1. The normalized spacial score (nSPS) is 18.1. The van der Waals surface area contributed by atoms with Gasteiger partial charge in [0, 0.05) is 38.3 Å². The van der Waals surface area contributed by atoms with Gasteiger partial charge < -0.3 is 25.2 Å². The van der Waals surface area contributed by atoms with Crippen LogP contribution in [0.4, 0.5) is 4.79 Å². The van der Waals surface area contributed by atoms with Gasteiger partial charge in [-0.25, -0.2) is 4.79 Å². The average Bonchev–Trinajstić information content (AvgIpc) is 3.08. The lowest BCUT2D eigenvalue weighted by Gasteiger charge is -2.39. The van der Waals surface area contributed by atoms with Gasteiger partial charge in [0.1, 0.15) is 5.60 Å². The molecular weight excluding hydrogens is 497 g/mol. The third-order valence-electron chi connectivity index (χ3n) is 4.86. The van der Waals surface area contributed by atoms with E-state index in [4.69, 9.17) is 4.74 Å². The number of carbonyl (C=O) groups excluding carboxylic acids is 2. The minimum Gasteiger partial charge on any atom is -0.444 e. The van der Waals surface area contributed by atoms with Crippen LogP contribution in [0.3, 0.4) is 0 Å². The summed E-state index contributed by atoms with van der Waals surface area (Å²) in [4.78, 5) is 32.8. The molecule has 30 heavy (non-hydrogen) atoms. The molecule has 1 unspecified atom stereocenters. The van der Waals surface area contributed by atoms with Crippen molar-refractivity contribution < 1.29 is 14.3 Å². The Hall–Kier alpha value is -2.04. The Morgan fingerprint density at radius 2 is 1.90 bits per heavy atom. The van der Waals surface area contributed by atoms with Crippen molar-refractivity contribution in [2.75, 3.05) is 32.7 Å². The standard InChI is InChI=1S/C21H31N5O3.HI/c1-5-22-18(27)16-8-6-15(7-9-16)12-23-19-24-13-17-14-25(10-11-26(17)19)20(28)29-21(2,3)4;/h6-9,17H,5,10-14H2,1-4H3,(H,22,27)(H,23,24);1H. The highest BCUT2D eigenvalue weighted by Crippen LogP contribution is 2.19. The summed E-state index contributed by atoms with van der Waals surface area (Å²) < 4.78 is 5.49.